The molecule has 1 aromatic carbocycles. The van der Waals surface area contributed by atoms with Crippen LogP contribution in [0.5, 0.6) is 5.75 Å². The maximum atomic E-state index is 12.0. The van der Waals surface area contributed by atoms with Crippen LogP contribution in [0.25, 0.3) is 0 Å². The predicted octanol–water partition coefficient (Wildman–Crippen LogP) is 2.00. The van der Waals surface area contributed by atoms with Crippen LogP contribution < -0.4 is 9.64 Å². The highest BCUT2D eigenvalue weighted by Gasteiger charge is 2.23. The summed E-state index contributed by atoms with van der Waals surface area (Å²) >= 11 is 1.67. The molecule has 0 spiro atoms. The van der Waals surface area contributed by atoms with E-state index in [0.29, 0.717) is 6.54 Å². The minimum Gasteiger partial charge on any atom is -0.497 e. The van der Waals surface area contributed by atoms with Crippen molar-refractivity contribution in [1.82, 2.24) is 0 Å². The van der Waals surface area contributed by atoms with Gasteiger partial charge in [0.15, 0.2) is 0 Å². The van der Waals surface area contributed by atoms with E-state index in [9.17, 15) is 9.59 Å². The maximum Gasteiger partial charge on any atom is 0.303 e. The Labute approximate surface area is 115 Å². The van der Waals surface area contributed by atoms with E-state index in [0.717, 1.165) is 22.1 Å². The highest BCUT2D eigenvalue weighted by molar-refractivity contribution is 7.99. The predicted molar refractivity (Wildman–Crippen MR) is 72.9 cm³/mol. The number of nitrogens with zero attached hydrogens (tertiary/aromatic N) is 1. The van der Waals surface area contributed by atoms with Crippen LogP contribution in [0.1, 0.15) is 12.8 Å². The first-order chi connectivity index (χ1) is 9.11. The Bertz CT molecular complexity index is 503. The molecule has 0 saturated heterocycles. The lowest BCUT2D eigenvalue weighted by molar-refractivity contribution is -0.138. The van der Waals surface area contributed by atoms with Gasteiger partial charge in [-0.05, 0) is 18.2 Å². The van der Waals surface area contributed by atoms with Gasteiger partial charge in [-0.1, -0.05) is 0 Å². The first-order valence-corrected chi connectivity index (χ1v) is 6.93. The lowest BCUT2D eigenvalue weighted by Crippen LogP contribution is -2.35. The van der Waals surface area contributed by atoms with Crippen molar-refractivity contribution >= 4 is 29.3 Å². The molecule has 0 aliphatic carbocycles. The zero-order chi connectivity index (χ0) is 13.8. The molecule has 0 bridgehead atoms. The van der Waals surface area contributed by atoms with Crippen LogP contribution >= 0.6 is 11.8 Å². The maximum absolute atomic E-state index is 12.0. The molecule has 1 aliphatic heterocycles. The number of fused-ring (bicyclic) bond motifs is 1. The van der Waals surface area contributed by atoms with Crippen LogP contribution in [0.2, 0.25) is 0 Å². The van der Waals surface area contributed by atoms with Crippen LogP contribution in [0.15, 0.2) is 23.1 Å². The van der Waals surface area contributed by atoms with E-state index in [1.54, 1.807) is 23.8 Å². The number of aliphatic carboxylic acids is 1. The van der Waals surface area contributed by atoms with Gasteiger partial charge in [-0.3, -0.25) is 9.59 Å². The van der Waals surface area contributed by atoms with Gasteiger partial charge < -0.3 is 14.7 Å². The van der Waals surface area contributed by atoms with Crippen molar-refractivity contribution < 1.29 is 19.4 Å². The largest absolute Gasteiger partial charge is 0.497 e. The molecule has 1 N–H and O–H groups in total. The fourth-order valence-corrected chi connectivity index (χ4v) is 2.95. The summed E-state index contributed by atoms with van der Waals surface area (Å²) in [7, 11) is 1.60. The van der Waals surface area contributed by atoms with Crippen molar-refractivity contribution in [2.75, 3.05) is 24.3 Å². The summed E-state index contributed by atoms with van der Waals surface area (Å²) in [5, 5.41) is 8.63. The van der Waals surface area contributed by atoms with E-state index in [4.69, 9.17) is 9.84 Å². The second kappa shape index (κ2) is 5.97. The summed E-state index contributed by atoms with van der Waals surface area (Å²) in [6, 6.07) is 5.55. The number of amides is 1. The number of benzene rings is 1. The Morgan fingerprint density at radius 3 is 2.89 bits per heavy atom. The Balaban J connectivity index is 2.17. The molecule has 1 heterocycles. The van der Waals surface area contributed by atoms with Crippen molar-refractivity contribution in [3.05, 3.63) is 18.2 Å². The van der Waals surface area contributed by atoms with Crippen LogP contribution in [0, 0.1) is 0 Å². The molecule has 102 valence electrons. The number of anilines is 1. The Morgan fingerprint density at radius 1 is 1.42 bits per heavy atom. The summed E-state index contributed by atoms with van der Waals surface area (Å²) in [6.45, 7) is 0.614. The van der Waals surface area contributed by atoms with Crippen LogP contribution in [0.4, 0.5) is 5.69 Å². The third-order valence-electron chi connectivity index (χ3n) is 2.88. The SMILES string of the molecule is COc1ccc2c(c1)SCCN2C(=O)CCC(=O)O. The molecular weight excluding hydrogens is 266 g/mol. The second-order valence-corrected chi connectivity index (χ2v) is 5.26. The molecule has 2 rings (SSSR count). The average Bonchev–Trinajstić information content (AvgIpc) is 2.43. The van der Waals surface area contributed by atoms with Gasteiger partial charge in [0.25, 0.3) is 0 Å². The van der Waals surface area contributed by atoms with E-state index in [1.807, 2.05) is 18.2 Å². The number of ether oxygens (including phenoxy) is 1. The molecule has 0 atom stereocenters. The number of hydrogen-bond donors (Lipinski definition) is 1. The van der Waals surface area contributed by atoms with Crippen molar-refractivity contribution in [1.29, 1.82) is 0 Å². The molecule has 1 amide bonds. The van der Waals surface area contributed by atoms with Gasteiger partial charge in [0.05, 0.1) is 19.2 Å². The lowest BCUT2D eigenvalue weighted by Gasteiger charge is -2.29. The molecule has 0 fully saturated rings. The Kier molecular flexibility index (Phi) is 4.31. The molecule has 19 heavy (non-hydrogen) atoms. The number of carbonyl (C=O) groups is 2. The molecular formula is C13H15NO4S. The van der Waals surface area contributed by atoms with E-state index in [2.05, 4.69) is 0 Å². The number of methoxy groups -OCH3 is 1. The topological polar surface area (TPSA) is 66.8 Å². The molecule has 0 radical (unpaired) electrons. The fourth-order valence-electron chi connectivity index (χ4n) is 1.94. The van der Waals surface area contributed by atoms with Crippen LogP contribution in [0.3, 0.4) is 0 Å². The minimum absolute atomic E-state index is 0.0332. The van der Waals surface area contributed by atoms with Crippen LogP contribution in [-0.2, 0) is 9.59 Å². The highest BCUT2D eigenvalue weighted by atomic mass is 32.2. The Morgan fingerprint density at radius 2 is 2.21 bits per heavy atom. The molecule has 1 aromatic rings. The van der Waals surface area contributed by atoms with Crippen molar-refractivity contribution in [3.63, 3.8) is 0 Å². The lowest BCUT2D eigenvalue weighted by atomic mass is 10.2. The van der Waals surface area contributed by atoms with E-state index >= 15 is 0 Å². The van der Waals surface area contributed by atoms with Crippen molar-refractivity contribution in [2.24, 2.45) is 0 Å². The molecule has 0 unspecified atom stereocenters. The summed E-state index contributed by atoms with van der Waals surface area (Å²) in [4.78, 5) is 25.2. The molecule has 6 heteroatoms. The standard InChI is InChI=1S/C13H15NO4S/c1-18-9-2-3-10-11(8-9)19-7-6-14(10)12(15)4-5-13(16)17/h2-3,8H,4-7H2,1H3,(H,16,17). The zero-order valence-electron chi connectivity index (χ0n) is 10.6. The monoisotopic (exact) mass is 281 g/mol. The summed E-state index contributed by atoms with van der Waals surface area (Å²) < 4.78 is 5.16. The van der Waals surface area contributed by atoms with E-state index in [1.165, 1.54) is 0 Å². The smallest absolute Gasteiger partial charge is 0.303 e. The van der Waals surface area contributed by atoms with Crippen molar-refractivity contribution in [2.45, 2.75) is 17.7 Å². The quantitative estimate of drug-likeness (QED) is 0.914. The third kappa shape index (κ3) is 3.20. The van der Waals surface area contributed by atoms with Gasteiger partial charge >= 0.3 is 5.97 Å². The number of carboxylic acid groups (broad SMARTS) is 1. The van der Waals surface area contributed by atoms with Gasteiger partial charge in [0.2, 0.25) is 5.91 Å². The first kappa shape index (κ1) is 13.7. The van der Waals surface area contributed by atoms with E-state index in [-0.39, 0.29) is 18.7 Å². The third-order valence-corrected chi connectivity index (χ3v) is 3.91. The summed E-state index contributed by atoms with van der Waals surface area (Å²) in [6.07, 6.45) is -0.0978. The number of thioether (sulfide) groups is 1. The molecule has 0 aromatic heterocycles. The molecule has 0 saturated carbocycles. The van der Waals surface area contributed by atoms with Gasteiger partial charge in [-0.25, -0.2) is 0 Å². The number of rotatable bonds is 4. The summed E-state index contributed by atoms with van der Waals surface area (Å²) in [5.41, 5.74) is 0.840. The van der Waals surface area contributed by atoms with E-state index < -0.39 is 5.97 Å². The normalized spacial score (nSPS) is 13.8. The Hall–Kier alpha value is -1.69. The van der Waals surface area contributed by atoms with Gasteiger partial charge in [0, 0.05) is 23.6 Å². The van der Waals surface area contributed by atoms with Gasteiger partial charge in [-0.2, -0.15) is 0 Å². The number of hydrogen-bond acceptors (Lipinski definition) is 4. The highest BCUT2D eigenvalue weighted by Crippen LogP contribution is 2.37. The fraction of sp³-hybridized carbons (Fsp3) is 0.385. The van der Waals surface area contributed by atoms with Gasteiger partial charge in [-0.15, -0.1) is 11.8 Å². The van der Waals surface area contributed by atoms with Gasteiger partial charge in [0.1, 0.15) is 5.75 Å². The zero-order valence-corrected chi connectivity index (χ0v) is 11.4. The molecule has 1 aliphatic rings. The minimum atomic E-state index is -0.949. The summed E-state index contributed by atoms with van der Waals surface area (Å²) in [5.74, 6) is 0.466. The molecule has 5 nitrogen and oxygen atoms in total. The van der Waals surface area contributed by atoms with Crippen LogP contribution in [-0.4, -0.2) is 36.4 Å². The second-order valence-electron chi connectivity index (χ2n) is 4.12. The van der Waals surface area contributed by atoms with Crippen molar-refractivity contribution in [3.8, 4) is 5.75 Å². The average molecular weight is 281 g/mol. The number of carbonyl (C=O) groups excluding carboxylic acids is 1. The first-order valence-electron chi connectivity index (χ1n) is 5.95. The number of carboxylic acids is 1.